The van der Waals surface area contributed by atoms with Crippen LogP contribution in [0.15, 0.2) is 71.0 Å². The molecule has 0 atom stereocenters. The SMILES string of the molecule is CN/C=C1/C=C(N/C(=N/C#N)Oc2ccccc2)C=CC1=N. The zero-order valence-electron chi connectivity index (χ0n) is 12.0. The molecule has 0 heterocycles. The Balaban J connectivity index is 2.15. The van der Waals surface area contributed by atoms with Gasteiger partial charge in [0.25, 0.3) is 0 Å². The van der Waals surface area contributed by atoms with Crippen LogP contribution in [0.25, 0.3) is 0 Å². The molecular weight excluding hydrogens is 278 g/mol. The molecule has 1 aromatic carbocycles. The summed E-state index contributed by atoms with van der Waals surface area (Å²) in [7, 11) is 1.76. The number of ether oxygens (including phenoxy) is 1. The van der Waals surface area contributed by atoms with Gasteiger partial charge in [0.2, 0.25) is 6.19 Å². The Morgan fingerprint density at radius 1 is 1.32 bits per heavy atom. The second-order valence-corrected chi connectivity index (χ2v) is 4.29. The molecule has 0 bridgehead atoms. The van der Waals surface area contributed by atoms with Gasteiger partial charge in [0.05, 0.1) is 5.71 Å². The summed E-state index contributed by atoms with van der Waals surface area (Å²) in [6.07, 6.45) is 8.55. The van der Waals surface area contributed by atoms with Crippen molar-refractivity contribution < 1.29 is 4.74 Å². The van der Waals surface area contributed by atoms with Crippen molar-refractivity contribution in [2.24, 2.45) is 4.99 Å². The first-order chi connectivity index (χ1) is 10.7. The lowest BCUT2D eigenvalue weighted by molar-refractivity contribution is 0.528. The molecule has 0 spiro atoms. The fraction of sp³-hybridized carbons (Fsp3) is 0.0625. The number of amidine groups is 1. The average molecular weight is 293 g/mol. The fourth-order valence-corrected chi connectivity index (χ4v) is 1.76. The molecule has 0 radical (unpaired) electrons. The van der Waals surface area contributed by atoms with Gasteiger partial charge in [-0.15, -0.1) is 4.99 Å². The zero-order valence-corrected chi connectivity index (χ0v) is 12.0. The van der Waals surface area contributed by atoms with Crippen molar-refractivity contribution in [1.29, 1.82) is 10.7 Å². The topological polar surface area (TPSA) is 93.3 Å². The van der Waals surface area contributed by atoms with E-state index >= 15 is 0 Å². The Bertz CT molecular complexity index is 708. The molecule has 6 nitrogen and oxygen atoms in total. The van der Waals surface area contributed by atoms with E-state index < -0.39 is 0 Å². The van der Waals surface area contributed by atoms with Crippen LogP contribution in [0.1, 0.15) is 0 Å². The van der Waals surface area contributed by atoms with Crippen molar-refractivity contribution >= 4 is 11.7 Å². The minimum Gasteiger partial charge on any atom is -0.425 e. The molecule has 0 aromatic heterocycles. The Labute approximate surface area is 128 Å². The van der Waals surface area contributed by atoms with E-state index in [0.717, 1.165) is 0 Å². The van der Waals surface area contributed by atoms with Crippen LogP contribution in [0.2, 0.25) is 0 Å². The summed E-state index contributed by atoms with van der Waals surface area (Å²) < 4.78 is 5.53. The van der Waals surface area contributed by atoms with Gasteiger partial charge in [0.15, 0.2) is 0 Å². The lowest BCUT2D eigenvalue weighted by Crippen LogP contribution is -2.28. The van der Waals surface area contributed by atoms with Gasteiger partial charge >= 0.3 is 6.02 Å². The number of rotatable bonds is 3. The second kappa shape index (κ2) is 7.45. The monoisotopic (exact) mass is 293 g/mol. The van der Waals surface area contributed by atoms with Gasteiger partial charge in [-0.25, -0.2) is 0 Å². The van der Waals surface area contributed by atoms with Crippen LogP contribution >= 0.6 is 0 Å². The standard InChI is InChI=1S/C16H15N5O/c1-19-10-12-9-13(7-8-15(12)18)21-16(20-11-17)22-14-5-3-2-4-6-14/h2-10,18-19H,1H3,(H,20,21)/b12-10-,18-15?. The van der Waals surface area contributed by atoms with Crippen LogP contribution in [-0.4, -0.2) is 18.8 Å². The summed E-state index contributed by atoms with van der Waals surface area (Å²) in [5.41, 5.74) is 1.77. The average Bonchev–Trinajstić information content (AvgIpc) is 2.52. The Morgan fingerprint density at radius 2 is 2.09 bits per heavy atom. The number of nitrogens with zero attached hydrogens (tertiary/aromatic N) is 2. The van der Waals surface area contributed by atoms with Gasteiger partial charge in [-0.3, -0.25) is 0 Å². The van der Waals surface area contributed by atoms with Gasteiger partial charge in [-0.2, -0.15) is 5.26 Å². The van der Waals surface area contributed by atoms with Crippen molar-refractivity contribution in [3.63, 3.8) is 0 Å². The fourth-order valence-electron chi connectivity index (χ4n) is 1.76. The van der Waals surface area contributed by atoms with Crippen LogP contribution in [-0.2, 0) is 0 Å². The summed E-state index contributed by atoms with van der Waals surface area (Å²) in [4.78, 5) is 3.63. The molecule has 0 unspecified atom stereocenters. The molecule has 0 fully saturated rings. The van der Waals surface area contributed by atoms with E-state index in [0.29, 0.717) is 22.7 Å². The molecule has 0 aliphatic heterocycles. The van der Waals surface area contributed by atoms with Crippen LogP contribution < -0.4 is 15.4 Å². The largest absolute Gasteiger partial charge is 0.425 e. The molecule has 0 amide bonds. The van der Waals surface area contributed by atoms with Crippen molar-refractivity contribution in [2.45, 2.75) is 0 Å². The normalized spacial score (nSPS) is 16.0. The maximum Gasteiger partial charge on any atom is 0.310 e. The first kappa shape index (κ1) is 15.1. The molecule has 0 saturated heterocycles. The van der Waals surface area contributed by atoms with E-state index in [1.54, 1.807) is 49.8 Å². The van der Waals surface area contributed by atoms with E-state index in [9.17, 15) is 0 Å². The Hall–Kier alpha value is -3.33. The molecule has 1 aromatic rings. The summed E-state index contributed by atoms with van der Waals surface area (Å²) in [6, 6.07) is 9.13. The van der Waals surface area contributed by atoms with Gasteiger partial charge in [-0.05, 0) is 30.4 Å². The first-order valence-corrected chi connectivity index (χ1v) is 6.56. The maximum absolute atomic E-state index is 8.77. The van der Waals surface area contributed by atoms with Crippen LogP contribution in [0.3, 0.4) is 0 Å². The summed E-state index contributed by atoms with van der Waals surface area (Å²) >= 11 is 0. The first-order valence-electron chi connectivity index (χ1n) is 6.56. The summed E-state index contributed by atoms with van der Waals surface area (Å²) in [5.74, 6) is 0.572. The number of hydrogen-bond donors (Lipinski definition) is 3. The lowest BCUT2D eigenvalue weighted by atomic mass is 10.0. The number of para-hydroxylation sites is 1. The van der Waals surface area contributed by atoms with Crippen molar-refractivity contribution in [3.8, 4) is 11.9 Å². The highest BCUT2D eigenvalue weighted by atomic mass is 16.5. The van der Waals surface area contributed by atoms with E-state index in [4.69, 9.17) is 15.4 Å². The molecule has 110 valence electrons. The van der Waals surface area contributed by atoms with E-state index in [-0.39, 0.29) is 6.02 Å². The van der Waals surface area contributed by atoms with Crippen LogP contribution in [0.5, 0.6) is 5.75 Å². The maximum atomic E-state index is 8.77. The molecular formula is C16H15N5O. The van der Waals surface area contributed by atoms with E-state index in [1.165, 1.54) is 0 Å². The number of benzene rings is 1. The minimum absolute atomic E-state index is 0.0711. The van der Waals surface area contributed by atoms with Gasteiger partial charge < -0.3 is 20.8 Å². The highest BCUT2D eigenvalue weighted by Gasteiger charge is 2.10. The number of hydrogen-bond acceptors (Lipinski definition) is 5. The summed E-state index contributed by atoms with van der Waals surface area (Å²) in [6.45, 7) is 0. The predicted molar refractivity (Wildman–Crippen MR) is 85.3 cm³/mol. The van der Waals surface area contributed by atoms with E-state index in [1.807, 2.05) is 18.2 Å². The molecule has 1 aliphatic carbocycles. The number of allylic oxidation sites excluding steroid dienone is 4. The second-order valence-electron chi connectivity index (χ2n) is 4.29. The lowest BCUT2D eigenvalue weighted by Gasteiger charge is -2.14. The van der Waals surface area contributed by atoms with Crippen molar-refractivity contribution in [2.75, 3.05) is 7.05 Å². The Kier molecular flexibility index (Phi) is 5.10. The van der Waals surface area contributed by atoms with Gasteiger partial charge in [0.1, 0.15) is 5.75 Å². The third-order valence-electron chi connectivity index (χ3n) is 2.71. The minimum atomic E-state index is 0.0711. The van der Waals surface area contributed by atoms with E-state index in [2.05, 4.69) is 15.6 Å². The van der Waals surface area contributed by atoms with Crippen LogP contribution in [0.4, 0.5) is 0 Å². The quantitative estimate of drug-likeness (QED) is 0.452. The predicted octanol–water partition coefficient (Wildman–Crippen LogP) is 2.07. The summed E-state index contributed by atoms with van der Waals surface area (Å²) in [5, 5.41) is 22.4. The molecule has 3 N–H and O–H groups in total. The number of aliphatic imine (C=N–C) groups is 1. The molecule has 0 saturated carbocycles. The molecule has 2 rings (SSSR count). The number of nitriles is 1. The molecule has 6 heteroatoms. The molecule has 1 aliphatic rings. The smallest absolute Gasteiger partial charge is 0.310 e. The number of nitrogens with one attached hydrogen (secondary N) is 3. The van der Waals surface area contributed by atoms with Crippen molar-refractivity contribution in [1.82, 2.24) is 10.6 Å². The third kappa shape index (κ3) is 4.08. The molecule has 22 heavy (non-hydrogen) atoms. The zero-order chi connectivity index (χ0) is 15.8. The highest BCUT2D eigenvalue weighted by molar-refractivity contribution is 6.09. The highest BCUT2D eigenvalue weighted by Crippen LogP contribution is 2.12. The van der Waals surface area contributed by atoms with Crippen LogP contribution in [0, 0.1) is 16.9 Å². The van der Waals surface area contributed by atoms with Gasteiger partial charge in [0, 0.05) is 24.5 Å². The third-order valence-corrected chi connectivity index (χ3v) is 2.71. The van der Waals surface area contributed by atoms with Gasteiger partial charge in [-0.1, -0.05) is 18.2 Å². The van der Waals surface area contributed by atoms with Crippen molar-refractivity contribution in [3.05, 3.63) is 66.0 Å². The Morgan fingerprint density at radius 3 is 2.77 bits per heavy atom.